The molecule has 106 valence electrons. The summed E-state index contributed by atoms with van der Waals surface area (Å²) in [6.07, 6.45) is 0. The van der Waals surface area contributed by atoms with Crippen molar-refractivity contribution in [3.05, 3.63) is 58.0 Å². The molecular formula is C15H16FNO2S. The van der Waals surface area contributed by atoms with E-state index in [9.17, 15) is 9.18 Å². The minimum atomic E-state index is -0.494. The third-order valence-corrected chi connectivity index (χ3v) is 3.74. The SMILES string of the molecule is COCCN(Cc1cccs1)C(=O)c1ccccc1F. The lowest BCUT2D eigenvalue weighted by molar-refractivity contribution is 0.0678. The number of halogens is 1. The maximum Gasteiger partial charge on any atom is 0.257 e. The second-order valence-electron chi connectivity index (χ2n) is 4.28. The molecule has 0 spiro atoms. The minimum Gasteiger partial charge on any atom is -0.383 e. The number of benzene rings is 1. The molecule has 0 N–H and O–H groups in total. The summed E-state index contributed by atoms with van der Waals surface area (Å²) >= 11 is 1.57. The van der Waals surface area contributed by atoms with E-state index in [0.717, 1.165) is 4.88 Å². The normalized spacial score (nSPS) is 10.5. The van der Waals surface area contributed by atoms with Crippen LogP contribution in [-0.4, -0.2) is 31.1 Å². The summed E-state index contributed by atoms with van der Waals surface area (Å²) in [6.45, 7) is 1.32. The van der Waals surface area contributed by atoms with Crippen molar-refractivity contribution in [1.29, 1.82) is 0 Å². The lowest BCUT2D eigenvalue weighted by atomic mass is 10.2. The van der Waals surface area contributed by atoms with Crippen LogP contribution in [0.4, 0.5) is 4.39 Å². The van der Waals surface area contributed by atoms with Crippen molar-refractivity contribution in [2.24, 2.45) is 0 Å². The van der Waals surface area contributed by atoms with E-state index in [1.807, 2.05) is 17.5 Å². The van der Waals surface area contributed by atoms with Crippen LogP contribution >= 0.6 is 11.3 Å². The first kappa shape index (κ1) is 14.7. The third kappa shape index (κ3) is 3.65. The highest BCUT2D eigenvalue weighted by Crippen LogP contribution is 2.16. The fourth-order valence-electron chi connectivity index (χ4n) is 1.85. The van der Waals surface area contributed by atoms with Gasteiger partial charge >= 0.3 is 0 Å². The van der Waals surface area contributed by atoms with Crippen LogP contribution in [0.25, 0.3) is 0 Å². The van der Waals surface area contributed by atoms with E-state index in [-0.39, 0.29) is 11.5 Å². The predicted octanol–water partition coefficient (Wildman–Crippen LogP) is 3.18. The number of carbonyl (C=O) groups excluding carboxylic acids is 1. The first-order chi connectivity index (χ1) is 9.72. The molecule has 0 bridgehead atoms. The lowest BCUT2D eigenvalue weighted by Gasteiger charge is -2.22. The first-order valence-electron chi connectivity index (χ1n) is 6.27. The number of thiophene rings is 1. The molecule has 0 fully saturated rings. The summed E-state index contributed by atoms with van der Waals surface area (Å²) in [7, 11) is 1.58. The van der Waals surface area contributed by atoms with Crippen LogP contribution in [0, 0.1) is 5.82 Å². The number of rotatable bonds is 6. The van der Waals surface area contributed by atoms with Gasteiger partial charge in [-0.1, -0.05) is 18.2 Å². The maximum absolute atomic E-state index is 13.7. The van der Waals surface area contributed by atoms with Gasteiger partial charge in [0.1, 0.15) is 5.82 Å². The standard InChI is InChI=1S/C15H16FNO2S/c1-19-9-8-17(11-12-5-4-10-20-12)15(18)13-6-2-3-7-14(13)16/h2-7,10H,8-9,11H2,1H3. The molecule has 0 unspecified atom stereocenters. The van der Waals surface area contributed by atoms with Gasteiger partial charge in [0.25, 0.3) is 5.91 Å². The number of ether oxygens (including phenoxy) is 1. The average molecular weight is 293 g/mol. The Morgan fingerprint density at radius 3 is 2.75 bits per heavy atom. The van der Waals surface area contributed by atoms with Gasteiger partial charge in [0, 0.05) is 18.5 Å². The number of carbonyl (C=O) groups is 1. The Morgan fingerprint density at radius 1 is 1.30 bits per heavy atom. The predicted molar refractivity (Wildman–Crippen MR) is 77.3 cm³/mol. The van der Waals surface area contributed by atoms with Gasteiger partial charge in [-0.25, -0.2) is 4.39 Å². The lowest BCUT2D eigenvalue weighted by Crippen LogP contribution is -2.33. The zero-order chi connectivity index (χ0) is 14.4. The Bertz CT molecular complexity index is 557. The molecule has 1 aromatic heterocycles. The fourth-order valence-corrected chi connectivity index (χ4v) is 2.57. The molecule has 1 aromatic carbocycles. The van der Waals surface area contributed by atoms with Crippen molar-refractivity contribution in [2.45, 2.75) is 6.54 Å². The highest BCUT2D eigenvalue weighted by atomic mass is 32.1. The fraction of sp³-hybridized carbons (Fsp3) is 0.267. The van der Waals surface area contributed by atoms with Crippen LogP contribution in [0.1, 0.15) is 15.2 Å². The molecule has 0 aliphatic heterocycles. The van der Waals surface area contributed by atoms with Crippen LogP contribution in [0.15, 0.2) is 41.8 Å². The first-order valence-corrected chi connectivity index (χ1v) is 7.15. The molecule has 1 amide bonds. The number of hydrogen-bond donors (Lipinski definition) is 0. The van der Waals surface area contributed by atoms with Gasteiger partial charge in [0.2, 0.25) is 0 Å². The Labute approximate surface area is 121 Å². The van der Waals surface area contributed by atoms with Gasteiger partial charge in [0.05, 0.1) is 18.7 Å². The van der Waals surface area contributed by atoms with Gasteiger partial charge in [-0.05, 0) is 23.6 Å². The average Bonchev–Trinajstić information content (AvgIpc) is 2.96. The van der Waals surface area contributed by atoms with E-state index in [0.29, 0.717) is 19.7 Å². The van der Waals surface area contributed by atoms with E-state index in [4.69, 9.17) is 4.74 Å². The van der Waals surface area contributed by atoms with Crippen molar-refractivity contribution >= 4 is 17.2 Å². The molecule has 3 nitrogen and oxygen atoms in total. The monoisotopic (exact) mass is 293 g/mol. The second-order valence-corrected chi connectivity index (χ2v) is 5.31. The van der Waals surface area contributed by atoms with Crippen molar-refractivity contribution < 1.29 is 13.9 Å². The molecule has 0 aliphatic carbocycles. The topological polar surface area (TPSA) is 29.5 Å². The van der Waals surface area contributed by atoms with Gasteiger partial charge in [-0.3, -0.25) is 4.79 Å². The maximum atomic E-state index is 13.7. The molecule has 20 heavy (non-hydrogen) atoms. The Hall–Kier alpha value is -1.72. The molecular weight excluding hydrogens is 277 g/mol. The quantitative estimate of drug-likeness (QED) is 0.818. The largest absolute Gasteiger partial charge is 0.383 e. The van der Waals surface area contributed by atoms with Crippen molar-refractivity contribution in [1.82, 2.24) is 4.90 Å². The highest BCUT2D eigenvalue weighted by molar-refractivity contribution is 7.09. The van der Waals surface area contributed by atoms with E-state index < -0.39 is 5.82 Å². The summed E-state index contributed by atoms with van der Waals surface area (Å²) in [5.41, 5.74) is 0.0974. The summed E-state index contributed by atoms with van der Waals surface area (Å²) in [5.74, 6) is -0.806. The molecule has 0 radical (unpaired) electrons. The number of amides is 1. The van der Waals surface area contributed by atoms with Crippen LogP contribution in [0.3, 0.4) is 0 Å². The summed E-state index contributed by atoms with van der Waals surface area (Å²) in [6, 6.07) is 9.93. The van der Waals surface area contributed by atoms with Gasteiger partial charge in [0.15, 0.2) is 0 Å². The van der Waals surface area contributed by atoms with Gasteiger partial charge in [-0.2, -0.15) is 0 Å². The molecule has 0 aliphatic rings. The number of nitrogens with zero attached hydrogens (tertiary/aromatic N) is 1. The summed E-state index contributed by atoms with van der Waals surface area (Å²) in [5, 5.41) is 1.96. The second kappa shape index (κ2) is 7.17. The van der Waals surface area contributed by atoms with Crippen LogP contribution in [0.5, 0.6) is 0 Å². The molecule has 0 saturated carbocycles. The van der Waals surface area contributed by atoms with Gasteiger partial charge in [-0.15, -0.1) is 11.3 Å². The smallest absolute Gasteiger partial charge is 0.257 e. The van der Waals surface area contributed by atoms with E-state index in [1.165, 1.54) is 12.1 Å². The van der Waals surface area contributed by atoms with E-state index in [1.54, 1.807) is 35.5 Å². The summed E-state index contributed by atoms with van der Waals surface area (Å²) in [4.78, 5) is 15.1. The van der Waals surface area contributed by atoms with Crippen molar-refractivity contribution in [3.8, 4) is 0 Å². The molecule has 5 heteroatoms. The number of methoxy groups -OCH3 is 1. The number of hydrogen-bond acceptors (Lipinski definition) is 3. The third-order valence-electron chi connectivity index (χ3n) is 2.88. The zero-order valence-corrected chi connectivity index (χ0v) is 12.0. The zero-order valence-electron chi connectivity index (χ0n) is 11.2. The van der Waals surface area contributed by atoms with Crippen LogP contribution in [0.2, 0.25) is 0 Å². The summed E-state index contributed by atoms with van der Waals surface area (Å²) < 4.78 is 18.7. The van der Waals surface area contributed by atoms with Crippen molar-refractivity contribution in [2.75, 3.05) is 20.3 Å². The Balaban J connectivity index is 2.17. The Kier molecular flexibility index (Phi) is 5.26. The van der Waals surface area contributed by atoms with Crippen molar-refractivity contribution in [3.63, 3.8) is 0 Å². The van der Waals surface area contributed by atoms with E-state index in [2.05, 4.69) is 0 Å². The van der Waals surface area contributed by atoms with Crippen LogP contribution in [-0.2, 0) is 11.3 Å². The molecule has 0 atom stereocenters. The van der Waals surface area contributed by atoms with Crippen LogP contribution < -0.4 is 0 Å². The molecule has 1 heterocycles. The molecule has 2 aromatic rings. The van der Waals surface area contributed by atoms with E-state index >= 15 is 0 Å². The Morgan fingerprint density at radius 2 is 2.10 bits per heavy atom. The highest BCUT2D eigenvalue weighted by Gasteiger charge is 2.19. The minimum absolute atomic E-state index is 0.0974. The van der Waals surface area contributed by atoms with Gasteiger partial charge < -0.3 is 9.64 Å². The molecule has 2 rings (SSSR count). The molecule has 0 saturated heterocycles.